The van der Waals surface area contributed by atoms with Crippen molar-refractivity contribution >= 4 is 17.4 Å². The summed E-state index contributed by atoms with van der Waals surface area (Å²) in [6.45, 7) is 3.18. The number of nitro benzene ring substituents is 1. The molecule has 1 N–H and O–H groups in total. The molecule has 0 saturated heterocycles. The fourth-order valence-corrected chi connectivity index (χ4v) is 2.33. The monoisotopic (exact) mass is 272 g/mol. The third-order valence-corrected chi connectivity index (χ3v) is 3.42. The number of hydrogen-bond donors (Lipinski definition) is 1. The first kappa shape index (κ1) is 14.9. The Balaban J connectivity index is 2.57. The Labute approximate surface area is 110 Å². The molecule has 0 aromatic heterocycles. The molecular formula is C12H17FN2O2S. The molecule has 0 bridgehead atoms. The number of hydrogen-bond acceptors (Lipinski definition) is 4. The molecule has 0 spiro atoms. The van der Waals surface area contributed by atoms with Crippen LogP contribution in [0.5, 0.6) is 0 Å². The standard InChI is InChI=1S/C12H17FN2O2S/c1-9(8-18-2)6-14-7-10-4-3-5-11(12(10)13)15(16)17/h3-5,9,14H,6-8H2,1-2H3. The van der Waals surface area contributed by atoms with E-state index in [1.54, 1.807) is 17.8 Å². The molecule has 100 valence electrons. The second-order valence-electron chi connectivity index (χ2n) is 4.20. The molecule has 0 saturated carbocycles. The zero-order chi connectivity index (χ0) is 13.5. The molecule has 0 aliphatic carbocycles. The molecule has 1 aromatic rings. The molecule has 0 heterocycles. The summed E-state index contributed by atoms with van der Waals surface area (Å²) < 4.78 is 13.7. The lowest BCUT2D eigenvalue weighted by Gasteiger charge is -2.11. The number of rotatable bonds is 7. The molecule has 0 fully saturated rings. The molecule has 4 nitrogen and oxygen atoms in total. The summed E-state index contributed by atoms with van der Waals surface area (Å²) in [5.74, 6) is 0.777. The van der Waals surface area contributed by atoms with Crippen molar-refractivity contribution in [3.63, 3.8) is 0 Å². The zero-order valence-corrected chi connectivity index (χ0v) is 11.3. The first-order chi connectivity index (χ1) is 8.56. The molecule has 18 heavy (non-hydrogen) atoms. The average molecular weight is 272 g/mol. The van der Waals surface area contributed by atoms with Gasteiger partial charge >= 0.3 is 5.69 Å². The molecule has 1 aromatic carbocycles. The van der Waals surface area contributed by atoms with Gasteiger partial charge in [-0.3, -0.25) is 10.1 Å². The van der Waals surface area contributed by atoms with E-state index in [0.717, 1.165) is 12.3 Å². The van der Waals surface area contributed by atoms with Gasteiger partial charge in [-0.2, -0.15) is 16.2 Å². The third kappa shape index (κ3) is 4.27. The highest BCUT2D eigenvalue weighted by atomic mass is 32.2. The number of thioether (sulfide) groups is 1. The van der Waals surface area contributed by atoms with Gasteiger partial charge in [-0.05, 0) is 24.5 Å². The molecule has 0 amide bonds. The maximum atomic E-state index is 13.7. The fourth-order valence-electron chi connectivity index (χ4n) is 1.64. The number of benzene rings is 1. The molecule has 6 heteroatoms. The van der Waals surface area contributed by atoms with Crippen LogP contribution in [0.15, 0.2) is 18.2 Å². The highest BCUT2D eigenvalue weighted by molar-refractivity contribution is 7.98. The van der Waals surface area contributed by atoms with Gasteiger partial charge in [0.15, 0.2) is 0 Å². The molecule has 1 atom stereocenters. The van der Waals surface area contributed by atoms with Crippen LogP contribution in [0.3, 0.4) is 0 Å². The quantitative estimate of drug-likeness (QED) is 0.612. The van der Waals surface area contributed by atoms with Gasteiger partial charge in [-0.25, -0.2) is 0 Å². The topological polar surface area (TPSA) is 55.2 Å². The van der Waals surface area contributed by atoms with Crippen molar-refractivity contribution in [2.45, 2.75) is 13.5 Å². The predicted octanol–water partition coefficient (Wildman–Crippen LogP) is 2.82. The molecule has 0 aliphatic heterocycles. The van der Waals surface area contributed by atoms with Crippen molar-refractivity contribution in [1.29, 1.82) is 0 Å². The van der Waals surface area contributed by atoms with E-state index in [2.05, 4.69) is 12.2 Å². The summed E-state index contributed by atoms with van der Waals surface area (Å²) in [6.07, 6.45) is 2.04. The van der Waals surface area contributed by atoms with Crippen LogP contribution in [0.25, 0.3) is 0 Å². The van der Waals surface area contributed by atoms with Gasteiger partial charge in [0.05, 0.1) is 4.92 Å². The van der Waals surface area contributed by atoms with Gasteiger partial charge in [-0.1, -0.05) is 19.1 Å². The second kappa shape index (κ2) is 7.33. The molecular weight excluding hydrogens is 255 g/mol. The Hall–Kier alpha value is -1.14. The fraction of sp³-hybridized carbons (Fsp3) is 0.500. The van der Waals surface area contributed by atoms with Crippen LogP contribution in [0.4, 0.5) is 10.1 Å². The maximum Gasteiger partial charge on any atom is 0.305 e. The Morgan fingerprint density at radius 2 is 2.28 bits per heavy atom. The largest absolute Gasteiger partial charge is 0.312 e. The van der Waals surface area contributed by atoms with Gasteiger partial charge in [0.2, 0.25) is 5.82 Å². The van der Waals surface area contributed by atoms with Crippen molar-refractivity contribution in [3.8, 4) is 0 Å². The Bertz CT molecular complexity index is 415. The van der Waals surface area contributed by atoms with Crippen molar-refractivity contribution in [1.82, 2.24) is 5.32 Å². The van der Waals surface area contributed by atoms with Crippen LogP contribution in [-0.2, 0) is 6.54 Å². The SMILES string of the molecule is CSCC(C)CNCc1cccc([N+](=O)[O-])c1F. The number of nitrogens with one attached hydrogen (secondary N) is 1. The maximum absolute atomic E-state index is 13.7. The summed E-state index contributed by atoms with van der Waals surface area (Å²) in [5, 5.41) is 13.7. The van der Waals surface area contributed by atoms with E-state index < -0.39 is 16.4 Å². The van der Waals surface area contributed by atoms with Crippen LogP contribution < -0.4 is 5.32 Å². The van der Waals surface area contributed by atoms with E-state index in [9.17, 15) is 14.5 Å². The van der Waals surface area contributed by atoms with E-state index in [1.807, 2.05) is 6.26 Å². The summed E-state index contributed by atoms with van der Waals surface area (Å²) in [6, 6.07) is 4.24. The Morgan fingerprint density at radius 3 is 2.89 bits per heavy atom. The summed E-state index contributed by atoms with van der Waals surface area (Å²) in [4.78, 5) is 9.88. The number of nitro groups is 1. The van der Waals surface area contributed by atoms with E-state index in [-0.39, 0.29) is 0 Å². The summed E-state index contributed by atoms with van der Waals surface area (Å²) in [5.41, 5.74) is -0.132. The Kier molecular flexibility index (Phi) is 6.07. The van der Waals surface area contributed by atoms with E-state index in [1.165, 1.54) is 12.1 Å². The van der Waals surface area contributed by atoms with Crippen molar-refractivity contribution in [2.24, 2.45) is 5.92 Å². The zero-order valence-electron chi connectivity index (χ0n) is 10.5. The van der Waals surface area contributed by atoms with Crippen molar-refractivity contribution in [3.05, 3.63) is 39.7 Å². The third-order valence-electron chi connectivity index (χ3n) is 2.51. The van der Waals surface area contributed by atoms with E-state index in [4.69, 9.17) is 0 Å². The molecule has 1 unspecified atom stereocenters. The minimum Gasteiger partial charge on any atom is -0.312 e. The smallest absolute Gasteiger partial charge is 0.305 e. The minimum atomic E-state index is -0.743. The van der Waals surface area contributed by atoms with Gasteiger partial charge in [0.25, 0.3) is 0 Å². The van der Waals surface area contributed by atoms with Crippen LogP contribution in [0, 0.1) is 21.8 Å². The average Bonchev–Trinajstić information content (AvgIpc) is 2.31. The molecule has 1 rings (SSSR count). The van der Waals surface area contributed by atoms with Gasteiger partial charge in [0.1, 0.15) is 0 Å². The minimum absolute atomic E-state index is 0.312. The normalized spacial score (nSPS) is 12.4. The highest BCUT2D eigenvalue weighted by Crippen LogP contribution is 2.19. The van der Waals surface area contributed by atoms with E-state index in [0.29, 0.717) is 18.0 Å². The van der Waals surface area contributed by atoms with Crippen molar-refractivity contribution < 1.29 is 9.31 Å². The lowest BCUT2D eigenvalue weighted by atomic mass is 10.1. The van der Waals surface area contributed by atoms with Crippen LogP contribution in [0.2, 0.25) is 0 Å². The van der Waals surface area contributed by atoms with E-state index >= 15 is 0 Å². The van der Waals surface area contributed by atoms with Crippen LogP contribution >= 0.6 is 11.8 Å². The molecule has 0 aliphatic rings. The number of halogens is 1. The first-order valence-electron chi connectivity index (χ1n) is 5.67. The van der Waals surface area contributed by atoms with Crippen LogP contribution in [0.1, 0.15) is 12.5 Å². The predicted molar refractivity (Wildman–Crippen MR) is 72.3 cm³/mol. The lowest BCUT2D eigenvalue weighted by molar-refractivity contribution is -0.387. The Morgan fingerprint density at radius 1 is 1.56 bits per heavy atom. The van der Waals surface area contributed by atoms with Gasteiger partial charge < -0.3 is 5.32 Å². The highest BCUT2D eigenvalue weighted by Gasteiger charge is 2.16. The summed E-state index contributed by atoms with van der Waals surface area (Å²) >= 11 is 1.76. The van der Waals surface area contributed by atoms with Crippen LogP contribution in [-0.4, -0.2) is 23.5 Å². The van der Waals surface area contributed by atoms with Gasteiger partial charge in [0, 0.05) is 18.2 Å². The summed E-state index contributed by atoms with van der Waals surface area (Å²) in [7, 11) is 0. The lowest BCUT2D eigenvalue weighted by Crippen LogP contribution is -2.22. The van der Waals surface area contributed by atoms with Gasteiger partial charge in [-0.15, -0.1) is 0 Å². The first-order valence-corrected chi connectivity index (χ1v) is 7.07. The number of nitrogens with zero attached hydrogens (tertiary/aromatic N) is 1. The van der Waals surface area contributed by atoms with Crippen molar-refractivity contribution in [2.75, 3.05) is 18.6 Å². The second-order valence-corrected chi connectivity index (χ2v) is 5.11. The molecule has 0 radical (unpaired) electrons.